The molecule has 2 heterocycles. The standard InChI is InChI=1S/C36H64O18/c1-3-14-22(38)17-27(41)50-19-25-28(42)29(43)31(45)36(52-25)54-33-26(20-49-21(2)37)53-35(32(46)30(33)44)51-18-23(39)15-12-10-8-6-4-5-7-9-11-13-16-24(40)34(47)48/h22-26,28-33,35-36,38-40,42-46H,3-20H2,1-2H3,(H,47,48)/t22-,23-,24-,25+,26+,28+,29-,30+,31+,32+,33+,35+,36-/m0/s1. The van der Waals surface area contributed by atoms with Crippen molar-refractivity contribution in [2.45, 2.75) is 190 Å². The number of rotatable bonds is 27. The molecule has 18 nitrogen and oxygen atoms in total. The van der Waals surface area contributed by atoms with Crippen molar-refractivity contribution in [1.29, 1.82) is 0 Å². The van der Waals surface area contributed by atoms with Gasteiger partial charge in [-0.05, 0) is 19.3 Å². The fourth-order valence-corrected chi connectivity index (χ4v) is 6.27. The minimum atomic E-state index is -1.87. The van der Waals surface area contributed by atoms with Gasteiger partial charge in [0.25, 0.3) is 0 Å². The highest BCUT2D eigenvalue weighted by Gasteiger charge is 2.51. The predicted octanol–water partition coefficient (Wildman–Crippen LogP) is -0.212. The number of carbonyl (C=O) groups excluding carboxylic acids is 2. The normalized spacial score (nSPS) is 30.3. The molecule has 54 heavy (non-hydrogen) atoms. The Balaban J connectivity index is 1.81. The Hall–Kier alpha value is -2.07. The van der Waals surface area contributed by atoms with Crippen LogP contribution in [-0.2, 0) is 42.8 Å². The fourth-order valence-electron chi connectivity index (χ4n) is 6.27. The summed E-state index contributed by atoms with van der Waals surface area (Å²) in [4.78, 5) is 34.4. The molecule has 0 aromatic heterocycles. The Labute approximate surface area is 316 Å². The van der Waals surface area contributed by atoms with Crippen LogP contribution in [-0.4, -0.2) is 163 Å². The summed E-state index contributed by atoms with van der Waals surface area (Å²) in [6.07, 6.45) is -8.72. The van der Waals surface area contributed by atoms with Crippen molar-refractivity contribution >= 4 is 17.9 Å². The third-order valence-corrected chi connectivity index (χ3v) is 9.49. The first-order valence-electron chi connectivity index (χ1n) is 19.2. The van der Waals surface area contributed by atoms with E-state index in [4.69, 9.17) is 33.5 Å². The van der Waals surface area contributed by atoms with Crippen molar-refractivity contribution in [3.63, 3.8) is 0 Å². The van der Waals surface area contributed by atoms with E-state index in [9.17, 15) is 55.2 Å². The summed E-state index contributed by atoms with van der Waals surface area (Å²) in [7, 11) is 0. The summed E-state index contributed by atoms with van der Waals surface area (Å²) >= 11 is 0. The first kappa shape index (κ1) is 48.1. The Bertz CT molecular complexity index is 1060. The average molecular weight is 785 g/mol. The van der Waals surface area contributed by atoms with Crippen molar-refractivity contribution in [2.24, 2.45) is 0 Å². The van der Waals surface area contributed by atoms with Gasteiger partial charge in [0.05, 0.1) is 25.2 Å². The Kier molecular flexibility index (Phi) is 23.1. The molecule has 0 saturated carbocycles. The highest BCUT2D eigenvalue weighted by Crippen LogP contribution is 2.30. The number of carboxylic acids is 1. The lowest BCUT2D eigenvalue weighted by Crippen LogP contribution is -2.65. The zero-order valence-electron chi connectivity index (χ0n) is 31.4. The number of hydrogen-bond donors (Lipinski definition) is 9. The number of carboxylic acid groups (broad SMARTS) is 1. The molecule has 0 spiro atoms. The third kappa shape index (κ3) is 17.4. The van der Waals surface area contributed by atoms with E-state index in [0.29, 0.717) is 25.7 Å². The van der Waals surface area contributed by atoms with Crippen LogP contribution in [0.5, 0.6) is 0 Å². The van der Waals surface area contributed by atoms with Crippen LogP contribution in [0.25, 0.3) is 0 Å². The van der Waals surface area contributed by atoms with Crippen LogP contribution >= 0.6 is 0 Å². The van der Waals surface area contributed by atoms with Gasteiger partial charge in [0.2, 0.25) is 0 Å². The molecule has 0 aliphatic carbocycles. The van der Waals surface area contributed by atoms with Gasteiger partial charge in [-0.2, -0.15) is 0 Å². The second-order valence-electron chi connectivity index (χ2n) is 14.2. The highest BCUT2D eigenvalue weighted by molar-refractivity contribution is 5.71. The molecule has 0 aromatic carbocycles. The van der Waals surface area contributed by atoms with E-state index in [0.717, 1.165) is 64.7 Å². The van der Waals surface area contributed by atoms with Crippen LogP contribution in [0.1, 0.15) is 110 Å². The highest BCUT2D eigenvalue weighted by atomic mass is 16.7. The molecule has 0 radical (unpaired) electrons. The van der Waals surface area contributed by atoms with Gasteiger partial charge in [-0.25, -0.2) is 4.79 Å². The van der Waals surface area contributed by atoms with E-state index < -0.39 is 111 Å². The maximum absolute atomic E-state index is 12.1. The summed E-state index contributed by atoms with van der Waals surface area (Å²) in [5.41, 5.74) is 0. The van der Waals surface area contributed by atoms with Gasteiger partial charge in [-0.15, -0.1) is 0 Å². The van der Waals surface area contributed by atoms with E-state index in [1.807, 2.05) is 6.92 Å². The Morgan fingerprint density at radius 2 is 1.17 bits per heavy atom. The van der Waals surface area contributed by atoms with Crippen molar-refractivity contribution in [2.75, 3.05) is 19.8 Å². The molecule has 13 atom stereocenters. The van der Waals surface area contributed by atoms with E-state index in [1.54, 1.807) is 0 Å². The zero-order chi connectivity index (χ0) is 40.2. The quantitative estimate of drug-likeness (QED) is 0.0385. The fraction of sp³-hybridized carbons (Fsp3) is 0.917. The minimum Gasteiger partial charge on any atom is -0.479 e. The number of aliphatic hydroxyl groups excluding tert-OH is 8. The van der Waals surface area contributed by atoms with E-state index in [-0.39, 0.29) is 19.4 Å². The van der Waals surface area contributed by atoms with Crippen molar-refractivity contribution in [3.05, 3.63) is 0 Å². The van der Waals surface area contributed by atoms with Crippen LogP contribution in [0.3, 0.4) is 0 Å². The number of aliphatic carboxylic acids is 1. The molecule has 9 N–H and O–H groups in total. The van der Waals surface area contributed by atoms with Crippen molar-refractivity contribution in [3.8, 4) is 0 Å². The predicted molar refractivity (Wildman–Crippen MR) is 186 cm³/mol. The maximum Gasteiger partial charge on any atom is 0.332 e. The van der Waals surface area contributed by atoms with Gasteiger partial charge in [-0.3, -0.25) is 9.59 Å². The second-order valence-corrected chi connectivity index (χ2v) is 14.2. The minimum absolute atomic E-state index is 0.242. The SMILES string of the molecule is CCC[C@H](O)CC(=O)OC[C@H]1O[C@@H](O[C@H]2[C@H](O)[C@@H](O)[C@H](OC[C@@H](O)CCCCCCCCCCCC[C@H](O)C(=O)O)O[C@@H]2COC(C)=O)[C@H](O)[C@@H](O)[C@@H]1O. The third-order valence-electron chi connectivity index (χ3n) is 9.49. The summed E-state index contributed by atoms with van der Waals surface area (Å²) in [6.45, 7) is 1.67. The summed E-state index contributed by atoms with van der Waals surface area (Å²) < 4.78 is 32.9. The Morgan fingerprint density at radius 1 is 0.630 bits per heavy atom. The smallest absolute Gasteiger partial charge is 0.332 e. The van der Waals surface area contributed by atoms with Crippen LogP contribution in [0, 0.1) is 0 Å². The molecule has 2 saturated heterocycles. The van der Waals surface area contributed by atoms with E-state index in [1.165, 1.54) is 0 Å². The van der Waals surface area contributed by atoms with Gasteiger partial charge in [0.15, 0.2) is 18.7 Å². The first-order chi connectivity index (χ1) is 25.7. The van der Waals surface area contributed by atoms with Crippen LogP contribution in [0.2, 0.25) is 0 Å². The topological polar surface area (TPSA) is 289 Å². The largest absolute Gasteiger partial charge is 0.479 e. The molecule has 316 valence electrons. The summed E-state index contributed by atoms with van der Waals surface area (Å²) in [5.74, 6) is -2.67. The lowest BCUT2D eigenvalue weighted by Gasteiger charge is -2.46. The maximum atomic E-state index is 12.1. The Morgan fingerprint density at radius 3 is 1.74 bits per heavy atom. The van der Waals surface area contributed by atoms with Gasteiger partial charge in [-0.1, -0.05) is 77.6 Å². The number of esters is 2. The number of hydrogen-bond acceptors (Lipinski definition) is 17. The van der Waals surface area contributed by atoms with Crippen LogP contribution < -0.4 is 0 Å². The molecule has 0 bridgehead atoms. The number of carbonyl (C=O) groups is 3. The van der Waals surface area contributed by atoms with Crippen molar-refractivity contribution in [1.82, 2.24) is 0 Å². The average Bonchev–Trinajstić information content (AvgIpc) is 3.12. The van der Waals surface area contributed by atoms with Gasteiger partial charge < -0.3 is 74.4 Å². The molecule has 2 aliphatic heterocycles. The van der Waals surface area contributed by atoms with E-state index >= 15 is 0 Å². The molecule has 0 amide bonds. The molecule has 2 rings (SSSR count). The van der Waals surface area contributed by atoms with Gasteiger partial charge in [0.1, 0.15) is 62.0 Å². The molecular weight excluding hydrogens is 720 g/mol. The molecule has 18 heteroatoms. The zero-order valence-corrected chi connectivity index (χ0v) is 31.4. The van der Waals surface area contributed by atoms with Gasteiger partial charge >= 0.3 is 17.9 Å². The summed E-state index contributed by atoms with van der Waals surface area (Å²) in [6, 6.07) is 0. The molecule has 0 unspecified atom stereocenters. The number of ether oxygens (including phenoxy) is 6. The van der Waals surface area contributed by atoms with E-state index in [2.05, 4.69) is 0 Å². The lowest BCUT2D eigenvalue weighted by molar-refractivity contribution is -0.360. The molecule has 0 aromatic rings. The van der Waals surface area contributed by atoms with Crippen molar-refractivity contribution < 1.29 is 88.8 Å². The number of unbranched alkanes of at least 4 members (excludes halogenated alkanes) is 9. The monoisotopic (exact) mass is 784 g/mol. The first-order valence-corrected chi connectivity index (χ1v) is 19.2. The number of aliphatic hydroxyl groups is 8. The summed E-state index contributed by atoms with van der Waals surface area (Å²) in [5, 5.41) is 91.8. The molecule has 2 aliphatic rings. The van der Waals surface area contributed by atoms with Gasteiger partial charge in [0, 0.05) is 6.92 Å². The van der Waals surface area contributed by atoms with Crippen LogP contribution in [0.15, 0.2) is 0 Å². The lowest BCUT2D eigenvalue weighted by atomic mass is 9.97. The molecular formula is C36H64O18. The molecule has 2 fully saturated rings. The second kappa shape index (κ2) is 26.0. The van der Waals surface area contributed by atoms with Crippen LogP contribution in [0.4, 0.5) is 0 Å².